The maximum absolute atomic E-state index is 12.7. The Bertz CT molecular complexity index is 911. The molecule has 1 amide bonds. The summed E-state index contributed by atoms with van der Waals surface area (Å²) in [4.78, 5) is 14.8. The number of hydrogen-bond donors (Lipinski definition) is 1. The Labute approximate surface area is 167 Å². The molecule has 0 aliphatic carbocycles. The highest BCUT2D eigenvalue weighted by atomic mass is 32.2. The zero-order chi connectivity index (χ0) is 19.4. The summed E-state index contributed by atoms with van der Waals surface area (Å²) in [6.07, 6.45) is 2.31. The molecule has 0 saturated carbocycles. The lowest BCUT2D eigenvalue weighted by atomic mass is 10.1. The second-order valence-corrected chi connectivity index (χ2v) is 7.51. The van der Waals surface area contributed by atoms with Crippen molar-refractivity contribution in [2.75, 3.05) is 20.8 Å². The first-order valence-corrected chi connectivity index (χ1v) is 9.50. The minimum Gasteiger partial charge on any atom is -0.507 e. The van der Waals surface area contributed by atoms with Crippen molar-refractivity contribution in [2.45, 2.75) is 6.42 Å². The number of benzene rings is 2. The maximum atomic E-state index is 12.7. The van der Waals surface area contributed by atoms with Crippen LogP contribution in [0.15, 0.2) is 47.4 Å². The van der Waals surface area contributed by atoms with Crippen LogP contribution in [0.3, 0.4) is 0 Å². The zero-order valence-electron chi connectivity index (χ0n) is 15.0. The summed E-state index contributed by atoms with van der Waals surface area (Å²) >= 11 is 6.61. The molecule has 1 saturated heterocycles. The number of rotatable bonds is 6. The van der Waals surface area contributed by atoms with Crippen LogP contribution in [0.4, 0.5) is 0 Å². The number of aromatic hydroxyl groups is 1. The molecule has 140 valence electrons. The van der Waals surface area contributed by atoms with E-state index < -0.39 is 0 Å². The van der Waals surface area contributed by atoms with Crippen molar-refractivity contribution in [3.63, 3.8) is 0 Å². The molecule has 0 radical (unpaired) electrons. The fraction of sp³-hybridized carbons (Fsp3) is 0.200. The van der Waals surface area contributed by atoms with E-state index in [4.69, 9.17) is 21.7 Å². The van der Waals surface area contributed by atoms with Crippen LogP contribution >= 0.6 is 24.0 Å². The van der Waals surface area contributed by atoms with E-state index in [1.165, 1.54) is 11.8 Å². The van der Waals surface area contributed by atoms with Crippen LogP contribution in [0.25, 0.3) is 6.08 Å². The molecule has 7 heteroatoms. The molecular formula is C20H19NO4S2. The molecule has 1 aliphatic rings. The lowest BCUT2D eigenvalue weighted by Crippen LogP contribution is -2.30. The van der Waals surface area contributed by atoms with E-state index in [0.717, 1.165) is 5.56 Å². The molecule has 2 aromatic carbocycles. The van der Waals surface area contributed by atoms with E-state index in [0.29, 0.717) is 39.3 Å². The Hall–Kier alpha value is -2.51. The molecule has 2 aromatic rings. The predicted octanol–water partition coefficient (Wildman–Crippen LogP) is 3.85. The van der Waals surface area contributed by atoms with Gasteiger partial charge < -0.3 is 14.6 Å². The molecule has 0 aromatic heterocycles. The normalized spacial score (nSPS) is 15.5. The average molecular weight is 402 g/mol. The van der Waals surface area contributed by atoms with Crippen LogP contribution in [-0.4, -0.2) is 41.0 Å². The number of thiocarbonyl (C=S) groups is 1. The minimum absolute atomic E-state index is 0.132. The van der Waals surface area contributed by atoms with E-state index >= 15 is 0 Å². The molecule has 3 rings (SSSR count). The monoisotopic (exact) mass is 401 g/mol. The SMILES string of the molecule is COc1ccc(CCN2C(=O)C(=Cc3ccccc3O)SC2=S)cc1OC. The summed E-state index contributed by atoms with van der Waals surface area (Å²) in [5, 5.41) is 9.90. The molecule has 1 aliphatic heterocycles. The second-order valence-electron chi connectivity index (χ2n) is 5.83. The summed E-state index contributed by atoms with van der Waals surface area (Å²) in [7, 11) is 3.18. The minimum atomic E-state index is -0.145. The number of phenols is 1. The van der Waals surface area contributed by atoms with Gasteiger partial charge in [0.25, 0.3) is 5.91 Å². The van der Waals surface area contributed by atoms with Crippen LogP contribution in [0.5, 0.6) is 17.2 Å². The summed E-state index contributed by atoms with van der Waals surface area (Å²) in [5.41, 5.74) is 1.62. The zero-order valence-corrected chi connectivity index (χ0v) is 16.6. The Morgan fingerprint density at radius 2 is 1.89 bits per heavy atom. The van der Waals surface area contributed by atoms with Gasteiger partial charge in [-0.25, -0.2) is 0 Å². The smallest absolute Gasteiger partial charge is 0.266 e. The average Bonchev–Trinajstić information content (AvgIpc) is 2.94. The number of nitrogens with zero attached hydrogens (tertiary/aromatic N) is 1. The molecule has 0 spiro atoms. The van der Waals surface area contributed by atoms with Gasteiger partial charge >= 0.3 is 0 Å². The lowest BCUT2D eigenvalue weighted by molar-refractivity contribution is -0.122. The quantitative estimate of drug-likeness (QED) is 0.586. The van der Waals surface area contributed by atoms with Crippen LogP contribution in [0.1, 0.15) is 11.1 Å². The van der Waals surface area contributed by atoms with Gasteiger partial charge in [0.05, 0.1) is 19.1 Å². The van der Waals surface area contributed by atoms with Gasteiger partial charge in [0.15, 0.2) is 11.5 Å². The molecule has 1 N–H and O–H groups in total. The number of hydrogen-bond acceptors (Lipinski definition) is 6. The second kappa shape index (κ2) is 8.45. The van der Waals surface area contributed by atoms with Gasteiger partial charge in [-0.15, -0.1) is 0 Å². The number of amides is 1. The van der Waals surface area contributed by atoms with Gasteiger partial charge in [0.2, 0.25) is 0 Å². The van der Waals surface area contributed by atoms with Crippen molar-refractivity contribution in [1.29, 1.82) is 0 Å². The van der Waals surface area contributed by atoms with Gasteiger partial charge in [-0.1, -0.05) is 48.2 Å². The highest BCUT2D eigenvalue weighted by Crippen LogP contribution is 2.34. The lowest BCUT2D eigenvalue weighted by Gasteiger charge is -2.15. The van der Waals surface area contributed by atoms with Crippen molar-refractivity contribution >= 4 is 40.3 Å². The fourth-order valence-corrected chi connectivity index (χ4v) is 4.02. The Kier molecular flexibility index (Phi) is 6.03. The van der Waals surface area contributed by atoms with Crippen molar-refractivity contribution in [3.8, 4) is 17.2 Å². The van der Waals surface area contributed by atoms with Gasteiger partial charge in [0.1, 0.15) is 10.1 Å². The van der Waals surface area contributed by atoms with Gasteiger partial charge in [-0.2, -0.15) is 0 Å². The van der Waals surface area contributed by atoms with Gasteiger partial charge in [-0.3, -0.25) is 9.69 Å². The first-order chi connectivity index (χ1) is 13.0. The first-order valence-electron chi connectivity index (χ1n) is 8.27. The van der Waals surface area contributed by atoms with Crippen molar-refractivity contribution < 1.29 is 19.4 Å². The summed E-state index contributed by atoms with van der Waals surface area (Å²) in [6.45, 7) is 0.470. The number of phenolic OH excluding ortho intramolecular Hbond substituents is 1. The van der Waals surface area contributed by atoms with E-state index in [1.807, 2.05) is 24.3 Å². The van der Waals surface area contributed by atoms with E-state index in [-0.39, 0.29) is 11.7 Å². The first kappa shape index (κ1) is 19.3. The molecule has 1 fully saturated rings. The Balaban J connectivity index is 1.72. The van der Waals surface area contributed by atoms with Crippen molar-refractivity contribution in [2.24, 2.45) is 0 Å². The summed E-state index contributed by atoms with van der Waals surface area (Å²) in [5.74, 6) is 1.30. The van der Waals surface area contributed by atoms with Gasteiger partial charge in [-0.05, 0) is 36.3 Å². The van der Waals surface area contributed by atoms with Crippen LogP contribution < -0.4 is 9.47 Å². The number of thioether (sulfide) groups is 1. The predicted molar refractivity (Wildman–Crippen MR) is 111 cm³/mol. The molecule has 27 heavy (non-hydrogen) atoms. The van der Waals surface area contributed by atoms with Crippen LogP contribution in [0, 0.1) is 0 Å². The fourth-order valence-electron chi connectivity index (χ4n) is 2.72. The molecule has 0 unspecified atom stereocenters. The third kappa shape index (κ3) is 4.26. The summed E-state index contributed by atoms with van der Waals surface area (Å²) < 4.78 is 11.1. The Morgan fingerprint density at radius 3 is 2.59 bits per heavy atom. The molecular weight excluding hydrogens is 382 g/mol. The van der Waals surface area contributed by atoms with Gasteiger partial charge in [0, 0.05) is 12.1 Å². The summed E-state index contributed by atoms with van der Waals surface area (Å²) in [6, 6.07) is 12.6. The van der Waals surface area contributed by atoms with Crippen LogP contribution in [-0.2, 0) is 11.2 Å². The standard InChI is InChI=1S/C20H19NO4S2/c1-24-16-8-7-13(11-17(16)25-2)9-10-21-19(23)18(27-20(21)26)12-14-5-3-4-6-15(14)22/h3-8,11-12,22H,9-10H2,1-2H3. The third-order valence-electron chi connectivity index (χ3n) is 4.17. The topological polar surface area (TPSA) is 59.0 Å². The van der Waals surface area contributed by atoms with Crippen LogP contribution in [0.2, 0.25) is 0 Å². The number of para-hydroxylation sites is 1. The molecule has 5 nitrogen and oxygen atoms in total. The molecule has 1 heterocycles. The number of methoxy groups -OCH3 is 2. The third-order valence-corrected chi connectivity index (χ3v) is 5.55. The number of carbonyl (C=O) groups is 1. The molecule has 0 bridgehead atoms. The Morgan fingerprint density at radius 1 is 1.15 bits per heavy atom. The van der Waals surface area contributed by atoms with E-state index in [2.05, 4.69) is 0 Å². The number of ether oxygens (including phenoxy) is 2. The van der Waals surface area contributed by atoms with E-state index in [9.17, 15) is 9.90 Å². The highest BCUT2D eigenvalue weighted by molar-refractivity contribution is 8.26. The molecule has 0 atom stereocenters. The van der Waals surface area contributed by atoms with Crippen molar-refractivity contribution in [3.05, 3.63) is 58.5 Å². The highest BCUT2D eigenvalue weighted by Gasteiger charge is 2.31. The van der Waals surface area contributed by atoms with E-state index in [1.54, 1.807) is 43.4 Å². The largest absolute Gasteiger partial charge is 0.507 e. The number of carbonyl (C=O) groups excluding carboxylic acids is 1. The van der Waals surface area contributed by atoms with Crippen molar-refractivity contribution in [1.82, 2.24) is 4.90 Å². The maximum Gasteiger partial charge on any atom is 0.266 e.